The molecule has 1 aliphatic rings. The summed E-state index contributed by atoms with van der Waals surface area (Å²) in [5.41, 5.74) is 2.39. The van der Waals surface area contributed by atoms with Crippen LogP contribution in [0.3, 0.4) is 0 Å². The van der Waals surface area contributed by atoms with E-state index in [-0.39, 0.29) is 0 Å². The molecule has 1 aromatic heterocycles. The van der Waals surface area contributed by atoms with Gasteiger partial charge in [-0.3, -0.25) is 4.99 Å². The second kappa shape index (κ2) is 7.00. The third-order valence-electron chi connectivity index (χ3n) is 2.48. The van der Waals surface area contributed by atoms with E-state index in [9.17, 15) is 0 Å². The lowest BCUT2D eigenvalue weighted by Gasteiger charge is -2.08. The first-order chi connectivity index (χ1) is 10.5. The summed E-state index contributed by atoms with van der Waals surface area (Å²) in [7, 11) is 0. The predicted octanol–water partition coefficient (Wildman–Crippen LogP) is 0.871. The van der Waals surface area contributed by atoms with E-state index in [0.29, 0.717) is 5.02 Å². The van der Waals surface area contributed by atoms with Crippen LogP contribution < -0.4 is 10.6 Å². The van der Waals surface area contributed by atoms with E-state index in [1.807, 2.05) is 12.1 Å². The maximum Gasteiger partial charge on any atom is 0.414 e. The third kappa shape index (κ3) is 3.80. The van der Waals surface area contributed by atoms with E-state index in [0.717, 1.165) is 35.8 Å². The lowest BCUT2D eigenvalue weighted by molar-refractivity contribution is -0.159. The van der Waals surface area contributed by atoms with Gasteiger partial charge in [-0.15, -0.1) is 0 Å². The van der Waals surface area contributed by atoms with Crippen molar-refractivity contribution in [2.75, 3.05) is 18.4 Å². The molecule has 0 saturated heterocycles. The van der Waals surface area contributed by atoms with E-state index in [1.54, 1.807) is 0 Å². The van der Waals surface area contributed by atoms with Gasteiger partial charge in [0.2, 0.25) is 0 Å². The van der Waals surface area contributed by atoms with E-state index < -0.39 is 11.9 Å². The summed E-state index contributed by atoms with van der Waals surface area (Å²) in [6.07, 6.45) is 0. The number of hydrogen-bond donors (Lipinski definition) is 4. The second-order valence-electron chi connectivity index (χ2n) is 3.95. The number of fused-ring (bicyclic) bond motifs is 1. The first-order valence-electron chi connectivity index (χ1n) is 5.91. The summed E-state index contributed by atoms with van der Waals surface area (Å²) in [5.74, 6) is -2.91. The first kappa shape index (κ1) is 15.9. The highest BCUT2D eigenvalue weighted by atomic mass is 35.5. The highest BCUT2D eigenvalue weighted by Gasteiger charge is 2.13. The summed E-state index contributed by atoms with van der Waals surface area (Å²) in [6.45, 7) is 1.64. The zero-order valence-electron chi connectivity index (χ0n) is 10.9. The average molecular weight is 344 g/mol. The van der Waals surface area contributed by atoms with Crippen LogP contribution in [0.25, 0.3) is 11.0 Å². The first-order valence-corrected chi connectivity index (χ1v) is 7.02. The molecule has 0 saturated carbocycles. The molecule has 0 spiro atoms. The van der Waals surface area contributed by atoms with Gasteiger partial charge in [-0.25, -0.2) is 9.59 Å². The Morgan fingerprint density at radius 2 is 2.00 bits per heavy atom. The fourth-order valence-electron chi connectivity index (χ4n) is 1.55. The summed E-state index contributed by atoms with van der Waals surface area (Å²) < 4.78 is 8.39. The monoisotopic (exact) mass is 343 g/mol. The fraction of sp³-hybridized carbons (Fsp3) is 0.182. The molecule has 9 nitrogen and oxygen atoms in total. The van der Waals surface area contributed by atoms with Crippen molar-refractivity contribution in [2.45, 2.75) is 0 Å². The molecule has 0 atom stereocenters. The molecule has 0 unspecified atom stereocenters. The van der Waals surface area contributed by atoms with Gasteiger partial charge in [0.1, 0.15) is 11.0 Å². The second-order valence-corrected chi connectivity index (χ2v) is 4.88. The molecule has 0 bridgehead atoms. The number of carbonyl (C=O) groups is 2. The molecule has 0 radical (unpaired) electrons. The van der Waals surface area contributed by atoms with Crippen LogP contribution in [0, 0.1) is 0 Å². The minimum atomic E-state index is -1.82. The van der Waals surface area contributed by atoms with E-state index in [1.165, 1.54) is 11.7 Å². The number of nitrogens with one attached hydrogen (secondary N) is 2. The quantitative estimate of drug-likeness (QED) is 0.560. The van der Waals surface area contributed by atoms with Crippen LogP contribution in [-0.2, 0) is 9.59 Å². The van der Waals surface area contributed by atoms with Crippen molar-refractivity contribution in [1.82, 2.24) is 14.1 Å². The van der Waals surface area contributed by atoms with Crippen LogP contribution in [0.15, 0.2) is 17.1 Å². The molecule has 0 fully saturated rings. The number of hydrogen-bond acceptors (Lipinski definition) is 8. The standard InChI is InChI=1S/C9H8ClN5S.C2H2O4/c10-5-1-2-6-8(15-16-14-6)7(5)13-9-11-3-4-12-9;3-1(4)2(5)6/h1-2H,3-4H2,(H2,11,12,13);(H,3,4)(H,5,6). The van der Waals surface area contributed by atoms with Gasteiger partial charge in [-0.1, -0.05) is 11.6 Å². The van der Waals surface area contributed by atoms with Gasteiger partial charge >= 0.3 is 11.9 Å². The van der Waals surface area contributed by atoms with Crippen LogP contribution in [0.5, 0.6) is 0 Å². The molecular weight excluding hydrogens is 334 g/mol. The zero-order valence-corrected chi connectivity index (χ0v) is 12.5. The fourth-order valence-corrected chi connectivity index (χ4v) is 2.29. The average Bonchev–Trinajstić information content (AvgIpc) is 3.13. The van der Waals surface area contributed by atoms with Gasteiger partial charge in [0, 0.05) is 6.54 Å². The number of halogens is 1. The van der Waals surface area contributed by atoms with Crippen molar-refractivity contribution in [3.05, 3.63) is 17.2 Å². The molecule has 4 N–H and O–H groups in total. The van der Waals surface area contributed by atoms with E-state index in [4.69, 9.17) is 31.4 Å². The van der Waals surface area contributed by atoms with E-state index >= 15 is 0 Å². The predicted molar refractivity (Wildman–Crippen MR) is 81.6 cm³/mol. The summed E-state index contributed by atoms with van der Waals surface area (Å²) in [6, 6.07) is 3.67. The smallest absolute Gasteiger partial charge is 0.414 e. The molecule has 2 heterocycles. The molecule has 0 aliphatic carbocycles. The number of aliphatic carboxylic acids is 2. The number of carboxylic acid groups (broad SMARTS) is 2. The van der Waals surface area contributed by atoms with Crippen LogP contribution in [-0.4, -0.2) is 49.9 Å². The zero-order chi connectivity index (χ0) is 16.1. The third-order valence-corrected chi connectivity index (χ3v) is 3.34. The Labute approximate surface area is 133 Å². The maximum absolute atomic E-state index is 9.10. The minimum Gasteiger partial charge on any atom is -0.473 e. The Hall–Kier alpha value is -2.46. The lowest BCUT2D eigenvalue weighted by Crippen LogP contribution is -2.26. The number of aromatic nitrogens is 2. The summed E-state index contributed by atoms with van der Waals surface area (Å²) in [4.78, 5) is 22.5. The highest BCUT2D eigenvalue weighted by Crippen LogP contribution is 2.29. The Morgan fingerprint density at radius 1 is 1.27 bits per heavy atom. The number of carboxylic acids is 2. The summed E-state index contributed by atoms with van der Waals surface area (Å²) >= 11 is 7.30. The Bertz CT molecular complexity index is 735. The van der Waals surface area contributed by atoms with Crippen molar-refractivity contribution in [3.8, 4) is 0 Å². The van der Waals surface area contributed by atoms with Crippen LogP contribution in [0.1, 0.15) is 0 Å². The molecule has 1 aliphatic heterocycles. The van der Waals surface area contributed by atoms with Crippen molar-refractivity contribution in [1.29, 1.82) is 0 Å². The van der Waals surface area contributed by atoms with Gasteiger partial charge in [-0.2, -0.15) is 8.75 Å². The van der Waals surface area contributed by atoms with Crippen molar-refractivity contribution < 1.29 is 19.8 Å². The molecule has 116 valence electrons. The topological polar surface area (TPSA) is 137 Å². The van der Waals surface area contributed by atoms with Crippen LogP contribution in [0.2, 0.25) is 5.02 Å². The largest absolute Gasteiger partial charge is 0.473 e. The SMILES string of the molecule is Clc1ccc2nsnc2c1NC1=NCCN1.O=C(O)C(=O)O. The lowest BCUT2D eigenvalue weighted by atomic mass is 10.2. The van der Waals surface area contributed by atoms with Gasteiger partial charge in [0.15, 0.2) is 5.96 Å². The normalized spacial score (nSPS) is 12.9. The minimum absolute atomic E-state index is 0.622. The molecule has 2 aromatic rings. The maximum atomic E-state index is 9.10. The molecular formula is C11H10ClN5O4S. The van der Waals surface area contributed by atoms with Crippen molar-refractivity contribution >= 4 is 57.9 Å². The van der Waals surface area contributed by atoms with Gasteiger partial charge in [0.05, 0.1) is 29.0 Å². The number of nitrogens with zero attached hydrogens (tertiary/aromatic N) is 3. The number of rotatable bonds is 1. The Kier molecular flexibility index (Phi) is 5.07. The van der Waals surface area contributed by atoms with Gasteiger partial charge in [0.25, 0.3) is 0 Å². The molecule has 3 rings (SSSR count). The molecule has 22 heavy (non-hydrogen) atoms. The summed E-state index contributed by atoms with van der Waals surface area (Å²) in [5, 5.41) is 21.7. The molecule has 1 aromatic carbocycles. The van der Waals surface area contributed by atoms with Crippen LogP contribution in [0.4, 0.5) is 5.69 Å². The highest BCUT2D eigenvalue weighted by molar-refractivity contribution is 7.00. The Morgan fingerprint density at radius 3 is 2.59 bits per heavy atom. The van der Waals surface area contributed by atoms with E-state index in [2.05, 4.69) is 24.4 Å². The van der Waals surface area contributed by atoms with Crippen LogP contribution >= 0.6 is 23.3 Å². The van der Waals surface area contributed by atoms with Gasteiger partial charge < -0.3 is 20.8 Å². The number of benzene rings is 1. The Balaban J connectivity index is 0.000000254. The van der Waals surface area contributed by atoms with Crippen molar-refractivity contribution in [3.63, 3.8) is 0 Å². The number of guanidine groups is 1. The molecule has 0 amide bonds. The number of anilines is 1. The van der Waals surface area contributed by atoms with Crippen molar-refractivity contribution in [2.24, 2.45) is 4.99 Å². The number of aliphatic imine (C=N–C) groups is 1. The van der Waals surface area contributed by atoms with Gasteiger partial charge in [-0.05, 0) is 12.1 Å². The molecule has 11 heteroatoms.